The predicted molar refractivity (Wildman–Crippen MR) is 68.8 cm³/mol. The van der Waals surface area contributed by atoms with Gasteiger partial charge in [0.2, 0.25) is 0 Å². The average Bonchev–Trinajstić information content (AvgIpc) is 3.01. The second kappa shape index (κ2) is 3.67. The second-order valence-electron chi connectivity index (χ2n) is 4.34. The molecule has 19 heavy (non-hydrogen) atoms. The van der Waals surface area contributed by atoms with Gasteiger partial charge in [0.05, 0.1) is 0 Å². The summed E-state index contributed by atoms with van der Waals surface area (Å²) in [6.45, 7) is 0. The molecule has 0 aliphatic heterocycles. The van der Waals surface area contributed by atoms with Gasteiger partial charge in [-0.25, -0.2) is 9.78 Å². The lowest BCUT2D eigenvalue weighted by Crippen LogP contribution is -2.37. The minimum Gasteiger partial charge on any atom is -0.320 e. The Hall–Kier alpha value is -2.64. The Labute approximate surface area is 106 Å². The van der Waals surface area contributed by atoms with Crippen LogP contribution in [0.25, 0.3) is 22.7 Å². The first-order valence-corrected chi connectivity index (χ1v) is 5.64. The molecule has 0 saturated carbocycles. The van der Waals surface area contributed by atoms with Crippen LogP contribution in [0.5, 0.6) is 0 Å². The number of hydrogen-bond donors (Lipinski definition) is 1. The van der Waals surface area contributed by atoms with Crippen molar-refractivity contribution in [1.29, 1.82) is 0 Å². The van der Waals surface area contributed by atoms with Gasteiger partial charge in [-0.2, -0.15) is 5.10 Å². The van der Waals surface area contributed by atoms with E-state index in [0.717, 1.165) is 4.57 Å². The molecule has 98 valence electrons. The largest absolute Gasteiger partial charge is 0.332 e. The van der Waals surface area contributed by atoms with Gasteiger partial charge < -0.3 is 4.57 Å². The molecule has 8 nitrogen and oxygen atoms in total. The fourth-order valence-corrected chi connectivity index (χ4v) is 2.14. The lowest BCUT2D eigenvalue weighted by atomic mass is 10.4. The first-order chi connectivity index (χ1) is 9.02. The maximum atomic E-state index is 12.2. The zero-order valence-electron chi connectivity index (χ0n) is 10.7. The van der Waals surface area contributed by atoms with E-state index in [2.05, 4.69) is 15.2 Å². The van der Waals surface area contributed by atoms with Crippen molar-refractivity contribution in [3.63, 3.8) is 0 Å². The standard InChI is InChI=1S/C11H12N6O2/c1-15-7-9(13-8(15)6-4-5-12-14-6)16(2)11(19)17(3)10(7)18/h4-5H,1-3H3,(H,12,14). The number of nitrogens with one attached hydrogen (secondary N) is 1. The minimum atomic E-state index is -0.397. The van der Waals surface area contributed by atoms with Gasteiger partial charge in [-0.05, 0) is 6.07 Å². The van der Waals surface area contributed by atoms with Crippen molar-refractivity contribution in [3.8, 4) is 11.5 Å². The van der Waals surface area contributed by atoms with Crippen LogP contribution in [0.1, 0.15) is 0 Å². The summed E-state index contributed by atoms with van der Waals surface area (Å²) in [5.74, 6) is 0.561. The maximum Gasteiger partial charge on any atom is 0.332 e. The molecule has 3 aromatic rings. The fraction of sp³-hybridized carbons (Fsp3) is 0.273. The predicted octanol–water partition coefficient (Wildman–Crippen LogP) is -0.639. The van der Waals surface area contributed by atoms with Gasteiger partial charge in [0.15, 0.2) is 17.0 Å². The van der Waals surface area contributed by atoms with Crippen LogP contribution in [0.2, 0.25) is 0 Å². The maximum absolute atomic E-state index is 12.2. The number of hydrogen-bond acceptors (Lipinski definition) is 4. The van der Waals surface area contributed by atoms with Gasteiger partial charge in [0.1, 0.15) is 5.69 Å². The van der Waals surface area contributed by atoms with E-state index in [0.29, 0.717) is 22.7 Å². The van der Waals surface area contributed by atoms with Crippen LogP contribution in [0.15, 0.2) is 21.9 Å². The molecule has 0 aromatic carbocycles. The third-order valence-electron chi connectivity index (χ3n) is 3.22. The Morgan fingerprint density at radius 2 is 1.84 bits per heavy atom. The molecule has 0 aliphatic rings. The Morgan fingerprint density at radius 3 is 2.47 bits per heavy atom. The van der Waals surface area contributed by atoms with Crippen molar-refractivity contribution in [2.75, 3.05) is 0 Å². The number of aromatic amines is 1. The molecule has 0 aliphatic carbocycles. The van der Waals surface area contributed by atoms with Gasteiger partial charge in [-0.3, -0.25) is 19.0 Å². The summed E-state index contributed by atoms with van der Waals surface area (Å²) < 4.78 is 4.09. The number of aromatic nitrogens is 6. The highest BCUT2D eigenvalue weighted by Gasteiger charge is 2.18. The van der Waals surface area contributed by atoms with Crippen LogP contribution < -0.4 is 11.2 Å². The first kappa shape index (κ1) is 11.5. The highest BCUT2D eigenvalue weighted by Crippen LogP contribution is 2.18. The summed E-state index contributed by atoms with van der Waals surface area (Å²) in [4.78, 5) is 28.4. The fourth-order valence-electron chi connectivity index (χ4n) is 2.14. The average molecular weight is 260 g/mol. The van der Waals surface area contributed by atoms with Gasteiger partial charge in [-0.15, -0.1) is 0 Å². The van der Waals surface area contributed by atoms with Crippen molar-refractivity contribution in [2.45, 2.75) is 0 Å². The number of rotatable bonds is 1. The van der Waals surface area contributed by atoms with E-state index < -0.39 is 5.69 Å². The molecule has 0 amide bonds. The van der Waals surface area contributed by atoms with Crippen LogP contribution in [0.3, 0.4) is 0 Å². The smallest absolute Gasteiger partial charge is 0.320 e. The summed E-state index contributed by atoms with van der Waals surface area (Å²) in [5.41, 5.74) is 0.674. The molecule has 3 rings (SSSR count). The van der Waals surface area contributed by atoms with E-state index in [1.54, 1.807) is 30.9 Å². The zero-order chi connectivity index (χ0) is 13.7. The molecule has 0 bridgehead atoms. The van der Waals surface area contributed by atoms with E-state index in [4.69, 9.17) is 0 Å². The number of fused-ring (bicyclic) bond motifs is 1. The number of aryl methyl sites for hydroxylation is 2. The second-order valence-corrected chi connectivity index (χ2v) is 4.34. The highest BCUT2D eigenvalue weighted by molar-refractivity contribution is 5.75. The van der Waals surface area contributed by atoms with Crippen LogP contribution in [0.4, 0.5) is 0 Å². The molecular formula is C11H12N6O2. The topological polar surface area (TPSA) is 90.5 Å². The molecule has 3 aromatic heterocycles. The summed E-state index contributed by atoms with van der Waals surface area (Å²) in [7, 11) is 4.78. The molecule has 0 spiro atoms. The molecule has 0 atom stereocenters. The van der Waals surface area contributed by atoms with Crippen LogP contribution in [-0.4, -0.2) is 28.9 Å². The molecule has 0 radical (unpaired) electrons. The zero-order valence-corrected chi connectivity index (χ0v) is 10.7. The van der Waals surface area contributed by atoms with Crippen LogP contribution in [0, 0.1) is 0 Å². The van der Waals surface area contributed by atoms with E-state index in [-0.39, 0.29) is 5.56 Å². The van der Waals surface area contributed by atoms with Gasteiger partial charge in [0, 0.05) is 27.3 Å². The Kier molecular flexibility index (Phi) is 2.21. The summed E-state index contributed by atoms with van der Waals surface area (Å²) >= 11 is 0. The summed E-state index contributed by atoms with van der Waals surface area (Å²) in [5, 5.41) is 6.65. The SMILES string of the molecule is Cn1c(=O)c2c(nc(-c3ccn[nH]3)n2C)n(C)c1=O. The summed E-state index contributed by atoms with van der Waals surface area (Å²) in [6, 6.07) is 1.75. The third kappa shape index (κ3) is 1.39. The molecule has 3 heterocycles. The normalized spacial score (nSPS) is 11.3. The molecule has 1 N–H and O–H groups in total. The summed E-state index contributed by atoms with van der Waals surface area (Å²) in [6.07, 6.45) is 1.60. The first-order valence-electron chi connectivity index (χ1n) is 5.64. The number of nitrogens with zero attached hydrogens (tertiary/aromatic N) is 5. The Bertz CT molecular complexity index is 881. The van der Waals surface area contributed by atoms with Crippen LogP contribution in [-0.2, 0) is 21.1 Å². The van der Waals surface area contributed by atoms with E-state index in [1.807, 2.05) is 0 Å². The molecule has 0 unspecified atom stereocenters. The van der Waals surface area contributed by atoms with E-state index in [1.165, 1.54) is 11.6 Å². The molecular weight excluding hydrogens is 248 g/mol. The third-order valence-corrected chi connectivity index (χ3v) is 3.22. The van der Waals surface area contributed by atoms with E-state index in [9.17, 15) is 9.59 Å². The van der Waals surface area contributed by atoms with E-state index >= 15 is 0 Å². The van der Waals surface area contributed by atoms with Crippen molar-refractivity contribution in [3.05, 3.63) is 33.1 Å². The lowest BCUT2D eigenvalue weighted by Gasteiger charge is -2.03. The quantitative estimate of drug-likeness (QED) is 0.630. The van der Waals surface area contributed by atoms with Crippen LogP contribution >= 0.6 is 0 Å². The number of H-pyrrole nitrogens is 1. The number of imidazole rings is 1. The van der Waals surface area contributed by atoms with Crippen molar-refractivity contribution in [1.82, 2.24) is 28.9 Å². The Balaban J connectivity index is 2.53. The molecule has 8 heteroatoms. The molecule has 0 saturated heterocycles. The van der Waals surface area contributed by atoms with Crippen molar-refractivity contribution in [2.24, 2.45) is 21.1 Å². The highest BCUT2D eigenvalue weighted by atomic mass is 16.2. The van der Waals surface area contributed by atoms with Crippen molar-refractivity contribution >= 4 is 11.2 Å². The molecule has 0 fully saturated rings. The minimum absolute atomic E-state index is 0.361. The van der Waals surface area contributed by atoms with Crippen molar-refractivity contribution < 1.29 is 0 Å². The Morgan fingerprint density at radius 1 is 1.11 bits per heavy atom. The lowest BCUT2D eigenvalue weighted by molar-refractivity contribution is 0.705. The monoisotopic (exact) mass is 260 g/mol. The van der Waals surface area contributed by atoms with Gasteiger partial charge in [-0.1, -0.05) is 0 Å². The van der Waals surface area contributed by atoms with Gasteiger partial charge >= 0.3 is 5.69 Å². The van der Waals surface area contributed by atoms with Gasteiger partial charge in [0.25, 0.3) is 5.56 Å².